The fourth-order valence-corrected chi connectivity index (χ4v) is 4.71. The summed E-state index contributed by atoms with van der Waals surface area (Å²) in [4.78, 5) is 33.2. The van der Waals surface area contributed by atoms with Crippen molar-refractivity contribution < 1.29 is 34.2 Å². The minimum absolute atomic E-state index is 0.106. The molecule has 0 unspecified atom stereocenters. The molecule has 0 aliphatic heterocycles. The fourth-order valence-electron chi connectivity index (χ4n) is 4.71. The van der Waals surface area contributed by atoms with Gasteiger partial charge in [-0.1, -0.05) is 89.7 Å². The summed E-state index contributed by atoms with van der Waals surface area (Å²) in [6.45, 7) is 3.53. The molecule has 7 heteroatoms. The van der Waals surface area contributed by atoms with Gasteiger partial charge in [-0.05, 0) is 32.1 Å². The number of aliphatic carboxylic acids is 3. The zero-order valence-electron chi connectivity index (χ0n) is 22.9. The van der Waals surface area contributed by atoms with Crippen LogP contribution in [0.3, 0.4) is 0 Å². The monoisotopic (exact) mass is 511 g/mol. The number of hydrogen-bond acceptors (Lipinski definition) is 4. The van der Waals surface area contributed by atoms with Crippen LogP contribution in [0.2, 0.25) is 0 Å². The highest BCUT2D eigenvalue weighted by Gasteiger charge is 2.28. The van der Waals surface area contributed by atoms with Crippen LogP contribution in [0.15, 0.2) is 12.2 Å². The number of carboxylic acids is 3. The lowest BCUT2D eigenvalue weighted by atomic mass is 10.0. The molecule has 0 saturated heterocycles. The summed E-state index contributed by atoms with van der Waals surface area (Å²) in [6, 6.07) is 0. The summed E-state index contributed by atoms with van der Waals surface area (Å²) in [7, 11) is 0. The van der Waals surface area contributed by atoms with Gasteiger partial charge in [0.2, 0.25) is 0 Å². The molecule has 0 heterocycles. The van der Waals surface area contributed by atoms with Crippen LogP contribution in [0.1, 0.15) is 129 Å². The van der Waals surface area contributed by atoms with Crippen LogP contribution in [0.4, 0.5) is 0 Å². The summed E-state index contributed by atoms with van der Waals surface area (Å²) < 4.78 is 0.204. The number of unbranched alkanes of at least 4 members (excludes halogenated alkanes) is 14. The Hall–Kier alpha value is -1.89. The van der Waals surface area contributed by atoms with E-state index in [1.807, 2.05) is 0 Å². The van der Waals surface area contributed by atoms with Gasteiger partial charge in [-0.15, -0.1) is 0 Å². The van der Waals surface area contributed by atoms with Crippen molar-refractivity contribution in [2.45, 2.75) is 129 Å². The van der Waals surface area contributed by atoms with E-state index in [0.29, 0.717) is 6.54 Å². The summed E-state index contributed by atoms with van der Waals surface area (Å²) in [5.41, 5.74) is 0. The van der Waals surface area contributed by atoms with Crippen LogP contribution in [-0.2, 0) is 14.4 Å². The van der Waals surface area contributed by atoms with Crippen LogP contribution >= 0.6 is 0 Å². The van der Waals surface area contributed by atoms with Crippen molar-refractivity contribution >= 4 is 17.9 Å². The Morgan fingerprint density at radius 1 is 0.583 bits per heavy atom. The van der Waals surface area contributed by atoms with Crippen LogP contribution in [-0.4, -0.2) is 58.8 Å². The molecule has 0 aliphatic rings. The van der Waals surface area contributed by atoms with E-state index in [1.165, 1.54) is 77.0 Å². The number of carbonyl (C=O) groups is 3. The van der Waals surface area contributed by atoms with Gasteiger partial charge in [0.25, 0.3) is 0 Å². The zero-order valence-corrected chi connectivity index (χ0v) is 22.9. The molecule has 0 spiro atoms. The molecule has 0 aliphatic carbocycles. The number of quaternary nitrogens is 1. The summed E-state index contributed by atoms with van der Waals surface area (Å²) in [5, 5.41) is 29.2. The second kappa shape index (κ2) is 23.5. The number of allylic oxidation sites excluding steroid dienone is 2. The van der Waals surface area contributed by atoms with E-state index in [-0.39, 0.29) is 43.4 Å². The maximum Gasteiger partial charge on any atom is 0.309 e. The van der Waals surface area contributed by atoms with Gasteiger partial charge < -0.3 is 24.6 Å². The van der Waals surface area contributed by atoms with Crippen molar-refractivity contribution in [1.29, 1.82) is 0 Å². The number of rotatable bonds is 27. The fraction of sp³-hybridized carbons (Fsp3) is 0.828. The molecule has 36 heavy (non-hydrogen) atoms. The van der Waals surface area contributed by atoms with Crippen LogP contribution in [0, 0.1) is 0 Å². The molecule has 7 nitrogen and oxygen atoms in total. The molecule has 0 aromatic rings. The number of hydrogen-bond donors (Lipinski definition) is 2. The Kier molecular flexibility index (Phi) is 22.3. The van der Waals surface area contributed by atoms with Gasteiger partial charge in [-0.3, -0.25) is 9.59 Å². The van der Waals surface area contributed by atoms with E-state index in [9.17, 15) is 19.5 Å². The third kappa shape index (κ3) is 22.6. The third-order valence-electron chi connectivity index (χ3n) is 7.03. The molecule has 2 N–H and O–H groups in total. The first-order chi connectivity index (χ1) is 17.3. The van der Waals surface area contributed by atoms with Crippen LogP contribution in [0.5, 0.6) is 0 Å². The molecule has 0 amide bonds. The van der Waals surface area contributed by atoms with E-state index in [2.05, 4.69) is 19.1 Å². The van der Waals surface area contributed by atoms with Crippen molar-refractivity contribution in [2.24, 2.45) is 0 Å². The Morgan fingerprint density at radius 3 is 1.39 bits per heavy atom. The molecule has 0 rings (SSSR count). The quantitative estimate of drug-likeness (QED) is 0.0829. The lowest BCUT2D eigenvalue weighted by molar-refractivity contribution is -0.927. The van der Waals surface area contributed by atoms with Gasteiger partial charge in [0.05, 0.1) is 39.0 Å². The molecule has 0 bridgehead atoms. The first-order valence-corrected chi connectivity index (χ1v) is 14.4. The molecule has 0 aromatic heterocycles. The van der Waals surface area contributed by atoms with Crippen molar-refractivity contribution in [3.05, 3.63) is 12.2 Å². The number of nitrogens with zero attached hydrogens (tertiary/aromatic N) is 1. The summed E-state index contributed by atoms with van der Waals surface area (Å²) in [6.07, 6.45) is 24.0. The Bertz CT molecular complexity index is 559. The average Bonchev–Trinajstić information content (AvgIpc) is 2.83. The highest BCUT2D eigenvalue weighted by molar-refractivity contribution is 5.67. The molecule has 0 fully saturated rings. The molecule has 210 valence electrons. The molecule has 0 aromatic carbocycles. The smallest absolute Gasteiger partial charge is 0.309 e. The van der Waals surface area contributed by atoms with E-state index in [0.717, 1.165) is 25.7 Å². The van der Waals surface area contributed by atoms with E-state index < -0.39 is 17.9 Å². The molecule has 0 radical (unpaired) electrons. The molecule has 0 saturated carbocycles. The van der Waals surface area contributed by atoms with Crippen molar-refractivity contribution in [3.63, 3.8) is 0 Å². The van der Waals surface area contributed by atoms with E-state index in [1.54, 1.807) is 0 Å². The topological polar surface area (TPSA) is 115 Å². The second-order valence-corrected chi connectivity index (χ2v) is 10.3. The van der Waals surface area contributed by atoms with Gasteiger partial charge >= 0.3 is 11.9 Å². The standard InChI is InChI=1S/C29H53NO6/c1-2-3-4-5-6-7-8-9-10-11-12-13-14-15-16-17-18-19-23-30(24-20-27(31)32,25-21-28(33)34)26-22-29(35)36/h15-16H,2-14,17-26H2,1H3,(H2-,31,32,33,34,35,36)/b16-15+. The first-order valence-electron chi connectivity index (χ1n) is 14.4. The van der Waals surface area contributed by atoms with Crippen molar-refractivity contribution in [2.75, 3.05) is 26.2 Å². The van der Waals surface area contributed by atoms with Crippen molar-refractivity contribution in [1.82, 2.24) is 0 Å². The predicted octanol–water partition coefficient (Wildman–Crippen LogP) is 5.71. The van der Waals surface area contributed by atoms with Crippen LogP contribution < -0.4 is 5.11 Å². The summed E-state index contributed by atoms with van der Waals surface area (Å²) >= 11 is 0. The third-order valence-corrected chi connectivity index (χ3v) is 7.03. The lowest BCUT2D eigenvalue weighted by Crippen LogP contribution is -2.53. The summed E-state index contributed by atoms with van der Waals surface area (Å²) in [5.74, 6) is -3.10. The maximum atomic E-state index is 11.1. The maximum absolute atomic E-state index is 11.1. The average molecular weight is 512 g/mol. The minimum Gasteiger partial charge on any atom is -0.550 e. The van der Waals surface area contributed by atoms with Crippen LogP contribution in [0.25, 0.3) is 0 Å². The lowest BCUT2D eigenvalue weighted by Gasteiger charge is -2.38. The molecule has 0 atom stereocenters. The largest absolute Gasteiger partial charge is 0.550 e. The highest BCUT2D eigenvalue weighted by atomic mass is 16.4. The zero-order chi connectivity index (χ0) is 26.9. The number of carboxylic acid groups (broad SMARTS) is 3. The van der Waals surface area contributed by atoms with Crippen molar-refractivity contribution in [3.8, 4) is 0 Å². The van der Waals surface area contributed by atoms with Gasteiger partial charge in [0.15, 0.2) is 0 Å². The number of carbonyl (C=O) groups excluding carboxylic acids is 1. The molecular weight excluding hydrogens is 458 g/mol. The van der Waals surface area contributed by atoms with Gasteiger partial charge in [-0.25, -0.2) is 0 Å². The van der Waals surface area contributed by atoms with Gasteiger partial charge in [0.1, 0.15) is 0 Å². The van der Waals surface area contributed by atoms with E-state index in [4.69, 9.17) is 10.2 Å². The SMILES string of the molecule is CCCCCCCCCCCCCC/C=C/CCCC[N+](CCC(=O)[O-])(CCC(=O)O)CCC(=O)O. The second-order valence-electron chi connectivity index (χ2n) is 10.3. The highest BCUT2D eigenvalue weighted by Crippen LogP contribution is 2.16. The Morgan fingerprint density at radius 2 is 0.972 bits per heavy atom. The first kappa shape index (κ1) is 34.1. The van der Waals surface area contributed by atoms with Gasteiger partial charge in [-0.2, -0.15) is 0 Å². The Balaban J connectivity index is 4.05. The van der Waals surface area contributed by atoms with Gasteiger partial charge in [0, 0.05) is 12.4 Å². The van der Waals surface area contributed by atoms with E-state index >= 15 is 0 Å². The Labute approximate surface area is 219 Å². The molecular formula is C29H53NO6. The normalized spacial score (nSPS) is 11.8. The predicted molar refractivity (Wildman–Crippen MR) is 143 cm³/mol. The minimum atomic E-state index is -1.19.